The number of phenols is 1. The highest BCUT2D eigenvalue weighted by atomic mass is 32.1. The van der Waals surface area contributed by atoms with Crippen LogP contribution in [-0.2, 0) is 11.3 Å². The molecule has 1 aromatic heterocycles. The number of hydrogen-bond donors (Lipinski definition) is 2. The molecule has 2 aromatic rings. The Hall–Kier alpha value is -2.26. The monoisotopic (exact) mass is 440 g/mol. The van der Waals surface area contributed by atoms with E-state index in [0.29, 0.717) is 30.1 Å². The van der Waals surface area contributed by atoms with Gasteiger partial charge in [0.2, 0.25) is 0 Å². The van der Waals surface area contributed by atoms with Gasteiger partial charge in [0.15, 0.2) is 0 Å². The summed E-state index contributed by atoms with van der Waals surface area (Å²) in [7, 11) is 0. The molecule has 3 rings (SSSR count). The lowest BCUT2D eigenvalue weighted by Gasteiger charge is -2.42. The third kappa shape index (κ3) is 5.46. The van der Waals surface area contributed by atoms with Gasteiger partial charge in [0.05, 0.1) is 11.5 Å². The van der Waals surface area contributed by atoms with Crippen molar-refractivity contribution in [2.24, 2.45) is 17.3 Å². The van der Waals surface area contributed by atoms with Crippen LogP contribution in [0.5, 0.6) is 11.5 Å². The highest BCUT2D eigenvalue weighted by Gasteiger charge is 2.37. The first-order chi connectivity index (χ1) is 14.0. The number of aromatic nitrogens is 1. The summed E-state index contributed by atoms with van der Waals surface area (Å²) >= 11 is 1.31. The number of carboxylic acids is 1. The topological polar surface area (TPSA) is 82.9 Å². The quantitative estimate of drug-likeness (QED) is 0.678. The van der Waals surface area contributed by atoms with E-state index in [1.165, 1.54) is 29.5 Å². The first-order valence-corrected chi connectivity index (χ1v) is 10.5. The van der Waals surface area contributed by atoms with E-state index in [0.717, 1.165) is 11.4 Å². The molecule has 2 atom stereocenters. The molecule has 2 heterocycles. The smallest absolute Gasteiger partial charge is 0.387 e. The average molecular weight is 441 g/mol. The molecule has 0 unspecified atom stereocenters. The van der Waals surface area contributed by atoms with Crippen LogP contribution >= 0.6 is 11.3 Å². The Labute approximate surface area is 178 Å². The third-order valence-corrected chi connectivity index (χ3v) is 6.46. The Kier molecular flexibility index (Phi) is 6.62. The zero-order valence-corrected chi connectivity index (χ0v) is 18.0. The van der Waals surface area contributed by atoms with Crippen LogP contribution in [0.4, 0.5) is 8.78 Å². The van der Waals surface area contributed by atoms with E-state index in [9.17, 15) is 23.8 Å². The van der Waals surface area contributed by atoms with Crippen molar-refractivity contribution in [3.63, 3.8) is 0 Å². The summed E-state index contributed by atoms with van der Waals surface area (Å²) in [5, 5.41) is 19.8. The van der Waals surface area contributed by atoms with Crippen molar-refractivity contribution < 1.29 is 28.5 Å². The molecule has 1 aliphatic rings. The predicted molar refractivity (Wildman–Crippen MR) is 110 cm³/mol. The number of alkyl halides is 2. The molecule has 9 heteroatoms. The van der Waals surface area contributed by atoms with Crippen LogP contribution in [0.15, 0.2) is 24.4 Å². The number of carbonyl (C=O) groups is 1. The summed E-state index contributed by atoms with van der Waals surface area (Å²) in [5.74, 6) is -1.09. The maximum absolute atomic E-state index is 12.7. The second kappa shape index (κ2) is 8.85. The lowest BCUT2D eigenvalue weighted by atomic mass is 9.73. The standard InChI is InChI=1S/C21H26F2N2O4S/c1-21(2,3)13-6-12(19(27)28)9-25(10-13)11-15-8-24-18(30-15)16-7-14(26)4-5-17(16)29-20(22)23/h4-5,7-8,12-13,20,26H,6,9-11H2,1-3H3,(H,27,28)/t12-,13-/m1/s1. The molecule has 1 saturated heterocycles. The Morgan fingerprint density at radius 1 is 1.37 bits per heavy atom. The van der Waals surface area contributed by atoms with Crippen molar-refractivity contribution in [1.29, 1.82) is 0 Å². The lowest BCUT2D eigenvalue weighted by Crippen LogP contribution is -2.46. The van der Waals surface area contributed by atoms with Crippen molar-refractivity contribution in [3.05, 3.63) is 29.3 Å². The van der Waals surface area contributed by atoms with Crippen LogP contribution in [0.3, 0.4) is 0 Å². The Bertz CT molecular complexity index is 897. The van der Waals surface area contributed by atoms with E-state index < -0.39 is 18.5 Å². The van der Waals surface area contributed by atoms with Crippen molar-refractivity contribution in [3.8, 4) is 22.1 Å². The van der Waals surface area contributed by atoms with Gasteiger partial charge in [-0.15, -0.1) is 11.3 Å². The number of aliphatic carboxylic acids is 1. The fourth-order valence-corrected chi connectivity index (χ4v) is 4.71. The van der Waals surface area contributed by atoms with Crippen LogP contribution in [0.25, 0.3) is 10.6 Å². The van der Waals surface area contributed by atoms with Gasteiger partial charge in [0, 0.05) is 30.7 Å². The van der Waals surface area contributed by atoms with Crippen LogP contribution in [0, 0.1) is 17.3 Å². The molecule has 164 valence electrons. The van der Waals surface area contributed by atoms with Gasteiger partial charge in [-0.05, 0) is 36.0 Å². The van der Waals surface area contributed by atoms with Crippen molar-refractivity contribution in [2.45, 2.75) is 40.3 Å². The van der Waals surface area contributed by atoms with E-state index in [2.05, 4.69) is 35.4 Å². The number of thiazole rings is 1. The minimum atomic E-state index is -2.98. The number of halogens is 2. The van der Waals surface area contributed by atoms with Gasteiger partial charge >= 0.3 is 12.6 Å². The molecular formula is C21H26F2N2O4S. The Morgan fingerprint density at radius 2 is 2.10 bits per heavy atom. The lowest BCUT2D eigenvalue weighted by molar-refractivity contribution is -0.145. The number of ether oxygens (including phenoxy) is 1. The van der Waals surface area contributed by atoms with Crippen LogP contribution in [0.1, 0.15) is 32.1 Å². The van der Waals surface area contributed by atoms with Gasteiger partial charge < -0.3 is 14.9 Å². The van der Waals surface area contributed by atoms with E-state index >= 15 is 0 Å². The maximum atomic E-state index is 12.7. The molecule has 30 heavy (non-hydrogen) atoms. The Morgan fingerprint density at radius 3 is 2.73 bits per heavy atom. The molecule has 1 aromatic carbocycles. The average Bonchev–Trinajstić information content (AvgIpc) is 3.10. The molecule has 0 bridgehead atoms. The minimum Gasteiger partial charge on any atom is -0.508 e. The highest BCUT2D eigenvalue weighted by molar-refractivity contribution is 7.15. The third-order valence-electron chi connectivity index (χ3n) is 5.44. The van der Waals surface area contributed by atoms with E-state index in [-0.39, 0.29) is 22.8 Å². The summed E-state index contributed by atoms with van der Waals surface area (Å²) in [6.07, 6.45) is 2.31. The normalized spacial score (nSPS) is 20.5. The first kappa shape index (κ1) is 22.4. The van der Waals surface area contributed by atoms with Gasteiger partial charge in [-0.25, -0.2) is 4.98 Å². The zero-order valence-electron chi connectivity index (χ0n) is 17.1. The zero-order chi connectivity index (χ0) is 22.1. The number of piperidine rings is 1. The number of benzene rings is 1. The van der Waals surface area contributed by atoms with E-state index in [1.54, 1.807) is 6.20 Å². The summed E-state index contributed by atoms with van der Waals surface area (Å²) in [5.41, 5.74) is 0.287. The fourth-order valence-electron chi connectivity index (χ4n) is 3.74. The van der Waals surface area contributed by atoms with E-state index in [1.807, 2.05) is 0 Å². The molecule has 2 N–H and O–H groups in total. The fraction of sp³-hybridized carbons (Fsp3) is 0.524. The number of hydrogen-bond acceptors (Lipinski definition) is 6. The number of phenolic OH excluding ortho intramolecular Hbond substituents is 1. The number of carboxylic acid groups (broad SMARTS) is 1. The summed E-state index contributed by atoms with van der Waals surface area (Å²) in [6.45, 7) is 5.15. The van der Waals surface area contributed by atoms with Gasteiger partial charge in [-0.2, -0.15) is 8.78 Å². The van der Waals surface area contributed by atoms with E-state index in [4.69, 9.17) is 0 Å². The van der Waals surface area contributed by atoms with Gasteiger partial charge in [-0.1, -0.05) is 20.8 Å². The minimum absolute atomic E-state index is 0.00565. The van der Waals surface area contributed by atoms with Crippen LogP contribution in [-0.4, -0.2) is 45.8 Å². The number of nitrogens with zero attached hydrogens (tertiary/aromatic N) is 2. The predicted octanol–water partition coefficient (Wildman–Crippen LogP) is 4.69. The first-order valence-electron chi connectivity index (χ1n) is 9.71. The number of likely N-dealkylation sites (tertiary alicyclic amines) is 1. The molecule has 0 amide bonds. The summed E-state index contributed by atoms with van der Waals surface area (Å²) < 4.78 is 30.0. The maximum Gasteiger partial charge on any atom is 0.387 e. The van der Waals surface area contributed by atoms with Gasteiger partial charge in [-0.3, -0.25) is 9.69 Å². The van der Waals surface area contributed by atoms with Crippen LogP contribution < -0.4 is 4.74 Å². The SMILES string of the molecule is CC(C)(C)[C@@H]1C[C@@H](C(=O)O)CN(Cc2cnc(-c3cc(O)ccc3OC(F)F)s2)C1. The molecule has 0 saturated carbocycles. The second-order valence-electron chi connectivity index (χ2n) is 8.72. The molecule has 0 radical (unpaired) electrons. The second-order valence-corrected chi connectivity index (χ2v) is 9.83. The van der Waals surface area contributed by atoms with Crippen molar-refractivity contribution >= 4 is 17.3 Å². The molecule has 1 aliphatic heterocycles. The van der Waals surface area contributed by atoms with Crippen molar-refractivity contribution in [2.75, 3.05) is 13.1 Å². The molecular weight excluding hydrogens is 414 g/mol. The van der Waals surface area contributed by atoms with Crippen molar-refractivity contribution in [1.82, 2.24) is 9.88 Å². The highest BCUT2D eigenvalue weighted by Crippen LogP contribution is 2.39. The molecule has 1 fully saturated rings. The number of rotatable bonds is 6. The Balaban J connectivity index is 1.80. The summed E-state index contributed by atoms with van der Waals surface area (Å²) in [6, 6.07) is 3.91. The summed E-state index contributed by atoms with van der Waals surface area (Å²) in [4.78, 5) is 19.0. The number of aromatic hydroxyl groups is 1. The van der Waals surface area contributed by atoms with Crippen LogP contribution in [0.2, 0.25) is 0 Å². The molecule has 6 nitrogen and oxygen atoms in total. The molecule has 0 spiro atoms. The largest absolute Gasteiger partial charge is 0.508 e. The van der Waals surface area contributed by atoms with Gasteiger partial charge in [0.25, 0.3) is 0 Å². The molecule has 0 aliphatic carbocycles. The van der Waals surface area contributed by atoms with Gasteiger partial charge in [0.1, 0.15) is 16.5 Å².